The minimum atomic E-state index is -0.473. The molecule has 0 saturated heterocycles. The zero-order valence-electron chi connectivity index (χ0n) is 12.5. The summed E-state index contributed by atoms with van der Waals surface area (Å²) >= 11 is 5.74. The van der Waals surface area contributed by atoms with Crippen LogP contribution in [0.4, 0.5) is 21.6 Å². The fourth-order valence-corrected chi connectivity index (χ4v) is 2.24. The van der Waals surface area contributed by atoms with Crippen molar-refractivity contribution in [2.45, 2.75) is 0 Å². The van der Waals surface area contributed by atoms with Gasteiger partial charge in [-0.15, -0.1) is 0 Å². The SMILES string of the molecule is O=C(Nc1ccc(Nc2ccc(F)c(Cl)c2)cn1)c1ccccc1. The van der Waals surface area contributed by atoms with Gasteiger partial charge in [-0.25, -0.2) is 9.37 Å². The Morgan fingerprint density at radius 2 is 1.75 bits per heavy atom. The zero-order chi connectivity index (χ0) is 16.9. The number of nitrogens with zero attached hydrogens (tertiary/aromatic N) is 1. The summed E-state index contributed by atoms with van der Waals surface area (Å²) in [6.07, 6.45) is 1.57. The van der Waals surface area contributed by atoms with Crippen molar-refractivity contribution in [3.05, 3.63) is 83.3 Å². The Morgan fingerprint density at radius 3 is 2.42 bits per heavy atom. The number of benzene rings is 2. The number of carbonyl (C=O) groups excluding carboxylic acids is 1. The third-order valence-electron chi connectivity index (χ3n) is 3.25. The summed E-state index contributed by atoms with van der Waals surface area (Å²) in [4.78, 5) is 16.2. The van der Waals surface area contributed by atoms with Crippen LogP contribution in [0.1, 0.15) is 10.4 Å². The maximum absolute atomic E-state index is 13.1. The topological polar surface area (TPSA) is 54.0 Å². The van der Waals surface area contributed by atoms with Gasteiger partial charge in [0.25, 0.3) is 5.91 Å². The summed E-state index contributed by atoms with van der Waals surface area (Å²) in [7, 11) is 0. The Bertz CT molecular complexity index is 854. The van der Waals surface area contributed by atoms with Gasteiger partial charge in [0.05, 0.1) is 16.9 Å². The van der Waals surface area contributed by atoms with Crippen LogP contribution in [0.3, 0.4) is 0 Å². The lowest BCUT2D eigenvalue weighted by Crippen LogP contribution is -2.12. The van der Waals surface area contributed by atoms with Gasteiger partial charge in [-0.2, -0.15) is 0 Å². The molecule has 6 heteroatoms. The molecule has 0 fully saturated rings. The Balaban J connectivity index is 1.67. The first-order chi connectivity index (χ1) is 11.6. The summed E-state index contributed by atoms with van der Waals surface area (Å²) in [6.45, 7) is 0. The molecule has 0 radical (unpaired) electrons. The number of pyridine rings is 1. The molecule has 1 aromatic heterocycles. The molecule has 0 aliphatic heterocycles. The van der Waals surface area contributed by atoms with Gasteiger partial charge in [0, 0.05) is 11.3 Å². The van der Waals surface area contributed by atoms with Crippen molar-refractivity contribution in [1.29, 1.82) is 0 Å². The highest BCUT2D eigenvalue weighted by Crippen LogP contribution is 2.22. The fourth-order valence-electron chi connectivity index (χ4n) is 2.06. The molecule has 0 aliphatic rings. The molecule has 0 saturated carbocycles. The highest BCUT2D eigenvalue weighted by atomic mass is 35.5. The van der Waals surface area contributed by atoms with Crippen LogP contribution in [0.15, 0.2) is 66.9 Å². The number of anilines is 3. The van der Waals surface area contributed by atoms with Gasteiger partial charge < -0.3 is 10.6 Å². The van der Waals surface area contributed by atoms with Crippen LogP contribution in [0, 0.1) is 5.82 Å². The number of hydrogen-bond acceptors (Lipinski definition) is 3. The average molecular weight is 342 g/mol. The van der Waals surface area contributed by atoms with Crippen molar-refractivity contribution in [2.24, 2.45) is 0 Å². The van der Waals surface area contributed by atoms with Gasteiger partial charge in [0.15, 0.2) is 0 Å². The zero-order valence-corrected chi connectivity index (χ0v) is 13.2. The number of aromatic nitrogens is 1. The molecule has 1 amide bonds. The molecule has 3 rings (SSSR count). The van der Waals surface area contributed by atoms with Gasteiger partial charge in [0.2, 0.25) is 0 Å². The lowest BCUT2D eigenvalue weighted by Gasteiger charge is -2.08. The van der Waals surface area contributed by atoms with E-state index in [1.54, 1.807) is 48.7 Å². The van der Waals surface area contributed by atoms with E-state index < -0.39 is 5.82 Å². The Morgan fingerprint density at radius 1 is 1.00 bits per heavy atom. The molecular weight excluding hydrogens is 329 g/mol. The van der Waals surface area contributed by atoms with E-state index >= 15 is 0 Å². The van der Waals surface area contributed by atoms with E-state index in [9.17, 15) is 9.18 Å². The van der Waals surface area contributed by atoms with Crippen LogP contribution in [-0.4, -0.2) is 10.9 Å². The normalized spacial score (nSPS) is 10.2. The quantitative estimate of drug-likeness (QED) is 0.711. The minimum Gasteiger partial charge on any atom is -0.354 e. The summed E-state index contributed by atoms with van der Waals surface area (Å²) < 4.78 is 13.1. The number of rotatable bonds is 4. The second-order valence-corrected chi connectivity index (χ2v) is 5.41. The molecule has 24 heavy (non-hydrogen) atoms. The molecule has 0 unspecified atom stereocenters. The maximum atomic E-state index is 13.1. The first-order valence-corrected chi connectivity index (χ1v) is 7.54. The Kier molecular flexibility index (Phi) is 4.72. The predicted molar refractivity (Wildman–Crippen MR) is 93.3 cm³/mol. The number of carbonyl (C=O) groups is 1. The first kappa shape index (κ1) is 16.0. The van der Waals surface area contributed by atoms with Gasteiger partial charge in [-0.3, -0.25) is 4.79 Å². The van der Waals surface area contributed by atoms with Crippen LogP contribution in [0.5, 0.6) is 0 Å². The van der Waals surface area contributed by atoms with E-state index in [0.717, 1.165) is 0 Å². The van der Waals surface area contributed by atoms with Crippen LogP contribution < -0.4 is 10.6 Å². The highest BCUT2D eigenvalue weighted by Gasteiger charge is 2.06. The third-order valence-corrected chi connectivity index (χ3v) is 3.54. The average Bonchev–Trinajstić information content (AvgIpc) is 2.61. The summed E-state index contributed by atoms with van der Waals surface area (Å²) in [5.74, 6) is -0.264. The molecule has 2 N–H and O–H groups in total. The summed E-state index contributed by atoms with van der Waals surface area (Å²) in [5, 5.41) is 5.82. The number of hydrogen-bond donors (Lipinski definition) is 2. The van der Waals surface area contributed by atoms with Crippen molar-refractivity contribution < 1.29 is 9.18 Å². The second kappa shape index (κ2) is 7.10. The van der Waals surface area contributed by atoms with E-state index in [1.807, 2.05) is 6.07 Å². The highest BCUT2D eigenvalue weighted by molar-refractivity contribution is 6.31. The van der Waals surface area contributed by atoms with Crippen molar-refractivity contribution in [3.63, 3.8) is 0 Å². The minimum absolute atomic E-state index is 0.0414. The molecule has 0 aliphatic carbocycles. The Hall–Kier alpha value is -2.92. The van der Waals surface area contributed by atoms with Crippen LogP contribution in [-0.2, 0) is 0 Å². The lowest BCUT2D eigenvalue weighted by atomic mass is 10.2. The van der Waals surface area contributed by atoms with E-state index in [0.29, 0.717) is 22.8 Å². The van der Waals surface area contributed by atoms with E-state index in [4.69, 9.17) is 11.6 Å². The van der Waals surface area contributed by atoms with E-state index in [1.165, 1.54) is 12.1 Å². The molecule has 0 atom stereocenters. The van der Waals surface area contributed by atoms with E-state index in [-0.39, 0.29) is 10.9 Å². The molecule has 0 bridgehead atoms. The van der Waals surface area contributed by atoms with Gasteiger partial charge in [-0.05, 0) is 42.5 Å². The summed E-state index contributed by atoms with van der Waals surface area (Å²) in [5.41, 5.74) is 1.89. The molecule has 2 aromatic carbocycles. The van der Waals surface area contributed by atoms with Gasteiger partial charge >= 0.3 is 0 Å². The van der Waals surface area contributed by atoms with E-state index in [2.05, 4.69) is 15.6 Å². The van der Waals surface area contributed by atoms with Crippen molar-refractivity contribution >= 4 is 34.7 Å². The molecule has 0 spiro atoms. The molecular formula is C18H13ClFN3O. The van der Waals surface area contributed by atoms with Crippen molar-refractivity contribution in [2.75, 3.05) is 10.6 Å². The van der Waals surface area contributed by atoms with Crippen molar-refractivity contribution in [1.82, 2.24) is 4.98 Å². The molecule has 120 valence electrons. The smallest absolute Gasteiger partial charge is 0.256 e. The molecule has 4 nitrogen and oxygen atoms in total. The molecule has 3 aromatic rings. The van der Waals surface area contributed by atoms with Crippen LogP contribution in [0.2, 0.25) is 5.02 Å². The number of halogens is 2. The Labute approximate surface area is 143 Å². The molecule has 1 heterocycles. The fraction of sp³-hybridized carbons (Fsp3) is 0. The second-order valence-electron chi connectivity index (χ2n) is 5.01. The van der Waals surface area contributed by atoms with Crippen LogP contribution >= 0.6 is 11.6 Å². The number of nitrogens with one attached hydrogen (secondary N) is 2. The third kappa shape index (κ3) is 3.88. The lowest BCUT2D eigenvalue weighted by molar-refractivity contribution is 0.102. The standard InChI is InChI=1S/C18H13ClFN3O/c19-15-10-13(6-8-16(15)20)22-14-7-9-17(21-11-14)23-18(24)12-4-2-1-3-5-12/h1-11,22H,(H,21,23,24). The summed E-state index contributed by atoms with van der Waals surface area (Å²) in [6, 6.07) is 16.7. The monoisotopic (exact) mass is 341 g/mol. The van der Waals surface area contributed by atoms with Gasteiger partial charge in [0.1, 0.15) is 11.6 Å². The van der Waals surface area contributed by atoms with Crippen LogP contribution in [0.25, 0.3) is 0 Å². The predicted octanol–water partition coefficient (Wildman–Crippen LogP) is 4.87. The largest absolute Gasteiger partial charge is 0.354 e. The van der Waals surface area contributed by atoms with Gasteiger partial charge in [-0.1, -0.05) is 29.8 Å². The van der Waals surface area contributed by atoms with Crippen molar-refractivity contribution in [3.8, 4) is 0 Å². The number of amides is 1. The maximum Gasteiger partial charge on any atom is 0.256 e. The first-order valence-electron chi connectivity index (χ1n) is 7.16.